The lowest BCUT2D eigenvalue weighted by molar-refractivity contribution is -0.113. The van der Waals surface area contributed by atoms with E-state index in [0.29, 0.717) is 22.2 Å². The summed E-state index contributed by atoms with van der Waals surface area (Å²) in [6.07, 6.45) is 1.82. The molecule has 1 N–H and O–H groups in total. The van der Waals surface area contributed by atoms with E-state index in [0.717, 1.165) is 16.3 Å². The summed E-state index contributed by atoms with van der Waals surface area (Å²) in [5, 5.41) is 5.66. The topological polar surface area (TPSA) is 41.6 Å². The smallest absolute Gasteiger partial charge is 0.281 e. The molecule has 1 saturated heterocycles. The average molecular weight is 360 g/mol. The van der Waals surface area contributed by atoms with Crippen LogP contribution in [0.4, 0.5) is 5.69 Å². The molecule has 5 heteroatoms. The fourth-order valence-electron chi connectivity index (χ4n) is 2.98. The number of hydrogen-bond donors (Lipinski definition) is 1. The van der Waals surface area contributed by atoms with Crippen molar-refractivity contribution in [1.29, 1.82) is 0 Å². The molecule has 1 amide bonds. The first-order valence-electron chi connectivity index (χ1n) is 8.16. The number of nitrogens with one attached hydrogen (secondary N) is 1. The highest BCUT2D eigenvalue weighted by Gasteiger charge is 2.32. The zero-order chi connectivity index (χ0) is 18.1. The van der Waals surface area contributed by atoms with Crippen molar-refractivity contribution >= 4 is 45.8 Å². The van der Waals surface area contributed by atoms with Crippen LogP contribution >= 0.6 is 12.2 Å². The highest BCUT2D eigenvalue weighted by Crippen LogP contribution is 2.26. The summed E-state index contributed by atoms with van der Waals surface area (Å²) in [6, 6.07) is 21.5. The van der Waals surface area contributed by atoms with Gasteiger partial charge in [0.15, 0.2) is 5.11 Å². The Balaban J connectivity index is 1.68. The monoisotopic (exact) mass is 360 g/mol. The molecule has 1 heterocycles. The molecule has 1 aliphatic rings. The molecular weight excluding hydrogens is 344 g/mol. The molecule has 0 aliphatic carbocycles. The van der Waals surface area contributed by atoms with Crippen LogP contribution in [-0.2, 0) is 4.79 Å². The Hall–Kier alpha value is -3.18. The molecule has 4 rings (SSSR count). The van der Waals surface area contributed by atoms with Gasteiger partial charge in [-0.1, -0.05) is 42.5 Å². The molecule has 1 fully saturated rings. The Morgan fingerprint density at radius 2 is 1.81 bits per heavy atom. The van der Waals surface area contributed by atoms with E-state index in [-0.39, 0.29) is 5.91 Å². The molecule has 0 bridgehead atoms. The zero-order valence-electron chi connectivity index (χ0n) is 14.1. The lowest BCUT2D eigenvalue weighted by Crippen LogP contribution is -2.30. The van der Waals surface area contributed by atoms with Crippen LogP contribution in [0.3, 0.4) is 0 Å². The summed E-state index contributed by atoms with van der Waals surface area (Å²) in [6.45, 7) is 0. The Kier molecular flexibility index (Phi) is 4.14. The van der Waals surface area contributed by atoms with Crippen molar-refractivity contribution in [3.05, 3.63) is 78.0 Å². The van der Waals surface area contributed by atoms with Crippen LogP contribution in [-0.4, -0.2) is 18.1 Å². The van der Waals surface area contributed by atoms with Gasteiger partial charge in [-0.05, 0) is 52.8 Å². The summed E-state index contributed by atoms with van der Waals surface area (Å²) in [5.41, 5.74) is 2.07. The van der Waals surface area contributed by atoms with E-state index in [1.54, 1.807) is 13.2 Å². The van der Waals surface area contributed by atoms with Crippen molar-refractivity contribution in [2.45, 2.75) is 0 Å². The van der Waals surface area contributed by atoms with E-state index in [1.807, 2.05) is 48.5 Å². The van der Waals surface area contributed by atoms with E-state index in [2.05, 4.69) is 23.5 Å². The van der Waals surface area contributed by atoms with Crippen molar-refractivity contribution in [3.63, 3.8) is 0 Å². The van der Waals surface area contributed by atoms with Gasteiger partial charge in [0.25, 0.3) is 5.91 Å². The predicted molar refractivity (Wildman–Crippen MR) is 108 cm³/mol. The number of benzene rings is 3. The second-order valence-corrected chi connectivity index (χ2v) is 6.32. The fourth-order valence-corrected chi connectivity index (χ4v) is 3.28. The summed E-state index contributed by atoms with van der Waals surface area (Å²) in [7, 11) is 1.59. The standard InChI is InChI=1S/C21H16N2O2S/c1-25-18-8-4-7-17(13-18)23-20(24)19(22-21(23)26)12-14-9-10-15-5-2-3-6-16(15)11-14/h2-13H,1H3,(H,22,26)/b19-12-. The highest BCUT2D eigenvalue weighted by molar-refractivity contribution is 7.80. The van der Waals surface area contributed by atoms with Gasteiger partial charge in [0.05, 0.1) is 12.8 Å². The first-order chi connectivity index (χ1) is 12.7. The number of thiocarbonyl (C=S) groups is 1. The van der Waals surface area contributed by atoms with Crippen LogP contribution in [0.25, 0.3) is 16.8 Å². The molecule has 0 unspecified atom stereocenters. The number of methoxy groups -OCH3 is 1. The van der Waals surface area contributed by atoms with E-state index < -0.39 is 0 Å². The van der Waals surface area contributed by atoms with Crippen LogP contribution in [0.1, 0.15) is 5.56 Å². The number of carbonyl (C=O) groups excluding carboxylic acids is 1. The lowest BCUT2D eigenvalue weighted by atomic mass is 10.1. The quantitative estimate of drug-likeness (QED) is 0.564. The number of nitrogens with zero attached hydrogens (tertiary/aromatic N) is 1. The lowest BCUT2D eigenvalue weighted by Gasteiger charge is -2.14. The Morgan fingerprint density at radius 1 is 1.00 bits per heavy atom. The first kappa shape index (κ1) is 16.3. The number of carbonyl (C=O) groups is 1. The maximum Gasteiger partial charge on any atom is 0.281 e. The molecular formula is C21H16N2O2S. The minimum atomic E-state index is -0.184. The largest absolute Gasteiger partial charge is 0.497 e. The maximum atomic E-state index is 12.9. The summed E-state index contributed by atoms with van der Waals surface area (Å²) in [4.78, 5) is 14.3. The normalized spacial score (nSPS) is 15.6. The third-order valence-corrected chi connectivity index (χ3v) is 4.56. The molecule has 0 radical (unpaired) electrons. The zero-order valence-corrected chi connectivity index (χ0v) is 14.9. The number of fused-ring (bicyclic) bond motifs is 1. The molecule has 0 aromatic heterocycles. The maximum absolute atomic E-state index is 12.9. The van der Waals surface area contributed by atoms with Crippen LogP contribution in [0.5, 0.6) is 5.75 Å². The van der Waals surface area contributed by atoms with Crippen molar-refractivity contribution in [1.82, 2.24) is 5.32 Å². The second-order valence-electron chi connectivity index (χ2n) is 5.94. The van der Waals surface area contributed by atoms with Gasteiger partial charge < -0.3 is 10.1 Å². The Labute approximate surface area is 156 Å². The van der Waals surface area contributed by atoms with Gasteiger partial charge in [0.2, 0.25) is 0 Å². The summed E-state index contributed by atoms with van der Waals surface area (Å²) >= 11 is 5.36. The number of anilines is 1. The molecule has 1 aliphatic heterocycles. The Bertz CT molecular complexity index is 1060. The molecule has 128 valence electrons. The van der Waals surface area contributed by atoms with Gasteiger partial charge in [0, 0.05) is 6.07 Å². The minimum Gasteiger partial charge on any atom is -0.497 e. The van der Waals surface area contributed by atoms with E-state index >= 15 is 0 Å². The second kappa shape index (κ2) is 6.61. The molecule has 26 heavy (non-hydrogen) atoms. The predicted octanol–water partition coefficient (Wildman–Crippen LogP) is 4.11. The third kappa shape index (κ3) is 2.93. The first-order valence-corrected chi connectivity index (χ1v) is 8.56. The van der Waals surface area contributed by atoms with Gasteiger partial charge in [-0.2, -0.15) is 0 Å². The number of hydrogen-bond acceptors (Lipinski definition) is 3. The molecule has 4 nitrogen and oxygen atoms in total. The van der Waals surface area contributed by atoms with Crippen molar-refractivity contribution < 1.29 is 9.53 Å². The van der Waals surface area contributed by atoms with Gasteiger partial charge in [-0.3, -0.25) is 9.69 Å². The van der Waals surface area contributed by atoms with Gasteiger partial charge >= 0.3 is 0 Å². The highest BCUT2D eigenvalue weighted by atomic mass is 32.1. The number of ether oxygens (including phenoxy) is 1. The van der Waals surface area contributed by atoms with E-state index in [9.17, 15) is 4.79 Å². The van der Waals surface area contributed by atoms with Crippen LogP contribution in [0.15, 0.2) is 72.4 Å². The van der Waals surface area contributed by atoms with Gasteiger partial charge in [-0.15, -0.1) is 0 Å². The van der Waals surface area contributed by atoms with Crippen LogP contribution in [0.2, 0.25) is 0 Å². The molecule has 0 saturated carbocycles. The minimum absolute atomic E-state index is 0.184. The SMILES string of the molecule is COc1cccc(N2C(=O)/C(=C/c3ccc4ccccc4c3)NC2=S)c1. The van der Waals surface area contributed by atoms with Crippen LogP contribution < -0.4 is 15.0 Å². The third-order valence-electron chi connectivity index (χ3n) is 4.27. The molecule has 0 spiro atoms. The number of rotatable bonds is 3. The molecule has 0 atom stereocenters. The van der Waals surface area contributed by atoms with Gasteiger partial charge in [-0.25, -0.2) is 0 Å². The van der Waals surface area contributed by atoms with Crippen molar-refractivity contribution in [3.8, 4) is 5.75 Å². The van der Waals surface area contributed by atoms with E-state index in [4.69, 9.17) is 17.0 Å². The van der Waals surface area contributed by atoms with Crippen molar-refractivity contribution in [2.24, 2.45) is 0 Å². The number of amides is 1. The average Bonchev–Trinajstić information content (AvgIpc) is 2.95. The van der Waals surface area contributed by atoms with Crippen LogP contribution in [0, 0.1) is 0 Å². The summed E-state index contributed by atoms with van der Waals surface area (Å²) in [5.74, 6) is 0.487. The van der Waals surface area contributed by atoms with E-state index in [1.165, 1.54) is 4.90 Å². The fraction of sp³-hybridized carbons (Fsp3) is 0.0476. The molecule has 3 aromatic rings. The molecule has 3 aromatic carbocycles. The van der Waals surface area contributed by atoms with Gasteiger partial charge in [0.1, 0.15) is 11.4 Å². The summed E-state index contributed by atoms with van der Waals surface area (Å²) < 4.78 is 5.23. The Morgan fingerprint density at radius 3 is 2.62 bits per heavy atom. The van der Waals surface area contributed by atoms with Crippen molar-refractivity contribution in [2.75, 3.05) is 12.0 Å².